The highest BCUT2D eigenvalue weighted by Crippen LogP contribution is 2.34. The second kappa shape index (κ2) is 5.59. The average Bonchev–Trinajstić information content (AvgIpc) is 3.24. The molecule has 2 unspecified atom stereocenters. The summed E-state index contributed by atoms with van der Waals surface area (Å²) in [6.07, 6.45) is 3.67. The molecule has 116 valence electrons. The Morgan fingerprint density at radius 1 is 1.24 bits per heavy atom. The Morgan fingerprint density at radius 3 is 2.62 bits per heavy atom. The van der Waals surface area contributed by atoms with Crippen LogP contribution in [-0.4, -0.2) is 45.0 Å². The number of anilines is 1. The number of hydrogen-bond acceptors (Lipinski definition) is 4. The predicted molar refractivity (Wildman–Crippen MR) is 83.9 cm³/mol. The summed E-state index contributed by atoms with van der Waals surface area (Å²) in [5, 5.41) is 3.43. The molecule has 5 nitrogen and oxygen atoms in total. The van der Waals surface area contributed by atoms with Crippen LogP contribution < -0.4 is 10.0 Å². The molecule has 0 spiro atoms. The van der Waals surface area contributed by atoms with E-state index in [-0.39, 0.29) is 0 Å². The van der Waals surface area contributed by atoms with Crippen molar-refractivity contribution in [3.05, 3.63) is 24.3 Å². The molecule has 0 radical (unpaired) electrons. The van der Waals surface area contributed by atoms with E-state index in [1.54, 1.807) is 12.1 Å². The molecular formula is C15H23N3O2S. The standard InChI is InChI=1S/C15H23N3O2S/c1-11-9-12(10-18(11)13-7-8-13)17-14-5-3-4-6-15(14)21(19,20)16-2/h3-6,11-13,16-17H,7-10H2,1-2H3. The number of nitrogens with zero attached hydrogens (tertiary/aromatic N) is 1. The van der Waals surface area contributed by atoms with Gasteiger partial charge in [0.1, 0.15) is 4.90 Å². The summed E-state index contributed by atoms with van der Waals surface area (Å²) in [4.78, 5) is 2.87. The first-order valence-electron chi connectivity index (χ1n) is 7.56. The fourth-order valence-electron chi connectivity index (χ4n) is 3.23. The smallest absolute Gasteiger partial charge is 0.242 e. The zero-order valence-corrected chi connectivity index (χ0v) is 13.4. The monoisotopic (exact) mass is 309 g/mol. The number of hydrogen-bond donors (Lipinski definition) is 2. The van der Waals surface area contributed by atoms with Crippen molar-refractivity contribution in [1.82, 2.24) is 9.62 Å². The van der Waals surface area contributed by atoms with Gasteiger partial charge in [0, 0.05) is 24.7 Å². The molecule has 1 saturated carbocycles. The lowest BCUT2D eigenvalue weighted by molar-refractivity contribution is 0.257. The lowest BCUT2D eigenvalue weighted by Crippen LogP contribution is -2.31. The maximum atomic E-state index is 12.1. The third-order valence-corrected chi connectivity index (χ3v) is 5.92. The third-order valence-electron chi connectivity index (χ3n) is 4.44. The number of para-hydroxylation sites is 1. The predicted octanol–water partition coefficient (Wildman–Crippen LogP) is 1.63. The summed E-state index contributed by atoms with van der Waals surface area (Å²) in [6, 6.07) is 8.75. The van der Waals surface area contributed by atoms with Crippen LogP contribution in [0.3, 0.4) is 0 Å². The van der Waals surface area contributed by atoms with Gasteiger partial charge in [-0.15, -0.1) is 0 Å². The Bertz CT molecular complexity index is 613. The van der Waals surface area contributed by atoms with E-state index >= 15 is 0 Å². The molecule has 0 aromatic heterocycles. The van der Waals surface area contributed by atoms with Crippen LogP contribution >= 0.6 is 0 Å². The maximum absolute atomic E-state index is 12.1. The Hall–Kier alpha value is -1.11. The van der Waals surface area contributed by atoms with Gasteiger partial charge in [0.25, 0.3) is 0 Å². The second-order valence-corrected chi connectivity index (χ2v) is 7.91. The van der Waals surface area contributed by atoms with E-state index in [2.05, 4.69) is 21.9 Å². The van der Waals surface area contributed by atoms with Crippen molar-refractivity contribution in [2.24, 2.45) is 0 Å². The van der Waals surface area contributed by atoms with Crippen LogP contribution in [0.15, 0.2) is 29.2 Å². The first-order chi connectivity index (χ1) is 10.0. The summed E-state index contributed by atoms with van der Waals surface area (Å²) in [7, 11) is -1.98. The van der Waals surface area contributed by atoms with Gasteiger partial charge >= 0.3 is 0 Å². The molecule has 2 N–H and O–H groups in total. The molecular weight excluding hydrogens is 286 g/mol. The molecule has 2 aliphatic rings. The molecule has 2 fully saturated rings. The van der Waals surface area contributed by atoms with Crippen LogP contribution in [0.5, 0.6) is 0 Å². The molecule has 1 heterocycles. The number of likely N-dealkylation sites (tertiary alicyclic amines) is 1. The summed E-state index contributed by atoms with van der Waals surface area (Å²) in [5.41, 5.74) is 0.696. The SMILES string of the molecule is CNS(=O)(=O)c1ccccc1NC1CC(C)N(C2CC2)C1. The van der Waals surface area contributed by atoms with Crippen molar-refractivity contribution in [2.75, 3.05) is 18.9 Å². The highest BCUT2D eigenvalue weighted by Gasteiger charge is 2.38. The van der Waals surface area contributed by atoms with Crippen molar-refractivity contribution in [2.45, 2.75) is 49.2 Å². The van der Waals surface area contributed by atoms with Crippen molar-refractivity contribution < 1.29 is 8.42 Å². The quantitative estimate of drug-likeness (QED) is 0.868. The minimum Gasteiger partial charge on any atom is -0.380 e. The van der Waals surface area contributed by atoms with Gasteiger partial charge in [-0.3, -0.25) is 4.90 Å². The van der Waals surface area contributed by atoms with Gasteiger partial charge in [0.15, 0.2) is 0 Å². The molecule has 1 saturated heterocycles. The first-order valence-corrected chi connectivity index (χ1v) is 9.04. The summed E-state index contributed by atoms with van der Waals surface area (Å²) in [6.45, 7) is 3.26. The van der Waals surface area contributed by atoms with Crippen LogP contribution in [-0.2, 0) is 10.0 Å². The minimum absolute atomic E-state index is 0.314. The van der Waals surface area contributed by atoms with E-state index in [4.69, 9.17) is 0 Å². The van der Waals surface area contributed by atoms with Crippen LogP contribution in [0, 0.1) is 0 Å². The van der Waals surface area contributed by atoms with E-state index in [0.29, 0.717) is 22.7 Å². The van der Waals surface area contributed by atoms with Gasteiger partial charge in [0.2, 0.25) is 10.0 Å². The van der Waals surface area contributed by atoms with Crippen LogP contribution in [0.25, 0.3) is 0 Å². The van der Waals surface area contributed by atoms with Gasteiger partial charge in [-0.2, -0.15) is 0 Å². The Morgan fingerprint density at radius 2 is 1.95 bits per heavy atom. The highest BCUT2D eigenvalue weighted by atomic mass is 32.2. The van der Waals surface area contributed by atoms with Crippen molar-refractivity contribution >= 4 is 15.7 Å². The normalized spacial score (nSPS) is 27.0. The molecule has 0 bridgehead atoms. The largest absolute Gasteiger partial charge is 0.380 e. The Kier molecular flexibility index (Phi) is 3.94. The van der Waals surface area contributed by atoms with Crippen molar-refractivity contribution in [3.8, 4) is 0 Å². The molecule has 1 aliphatic heterocycles. The molecule has 6 heteroatoms. The van der Waals surface area contributed by atoms with Gasteiger partial charge in [0.05, 0.1) is 5.69 Å². The summed E-state index contributed by atoms with van der Waals surface area (Å²) >= 11 is 0. The fourth-order valence-corrected chi connectivity index (χ4v) is 4.12. The van der Waals surface area contributed by atoms with E-state index < -0.39 is 10.0 Å². The van der Waals surface area contributed by atoms with Crippen LogP contribution in [0.4, 0.5) is 5.69 Å². The molecule has 1 aromatic carbocycles. The molecule has 2 atom stereocenters. The minimum atomic E-state index is -3.43. The van der Waals surface area contributed by atoms with Gasteiger partial charge in [-0.05, 0) is 45.4 Å². The van der Waals surface area contributed by atoms with Gasteiger partial charge in [-0.25, -0.2) is 13.1 Å². The lowest BCUT2D eigenvalue weighted by atomic mass is 10.2. The van der Waals surface area contributed by atoms with Crippen LogP contribution in [0.1, 0.15) is 26.2 Å². The molecule has 21 heavy (non-hydrogen) atoms. The fraction of sp³-hybridized carbons (Fsp3) is 0.600. The molecule has 0 amide bonds. The summed E-state index contributed by atoms with van der Waals surface area (Å²) in [5.74, 6) is 0. The van der Waals surface area contributed by atoms with Crippen molar-refractivity contribution in [3.63, 3.8) is 0 Å². The van der Waals surface area contributed by atoms with E-state index in [0.717, 1.165) is 19.0 Å². The summed E-state index contributed by atoms with van der Waals surface area (Å²) < 4.78 is 26.6. The maximum Gasteiger partial charge on any atom is 0.242 e. The molecule has 1 aliphatic carbocycles. The van der Waals surface area contributed by atoms with Gasteiger partial charge in [-0.1, -0.05) is 12.1 Å². The average molecular weight is 309 g/mol. The lowest BCUT2D eigenvalue weighted by Gasteiger charge is -2.20. The van der Waals surface area contributed by atoms with Crippen LogP contribution in [0.2, 0.25) is 0 Å². The van der Waals surface area contributed by atoms with E-state index in [1.807, 2.05) is 12.1 Å². The zero-order chi connectivity index (χ0) is 15.0. The zero-order valence-electron chi connectivity index (χ0n) is 12.5. The molecule has 1 aromatic rings. The van der Waals surface area contributed by atoms with E-state index in [1.165, 1.54) is 19.9 Å². The Balaban J connectivity index is 1.77. The third kappa shape index (κ3) is 3.07. The topological polar surface area (TPSA) is 61.4 Å². The highest BCUT2D eigenvalue weighted by molar-refractivity contribution is 7.89. The number of sulfonamides is 1. The number of nitrogens with one attached hydrogen (secondary N) is 2. The van der Waals surface area contributed by atoms with E-state index in [9.17, 15) is 8.42 Å². The molecule has 3 rings (SSSR count). The number of benzene rings is 1. The second-order valence-electron chi connectivity index (χ2n) is 6.06. The van der Waals surface area contributed by atoms with Crippen molar-refractivity contribution in [1.29, 1.82) is 0 Å². The Labute approximate surface area is 126 Å². The number of rotatable bonds is 5. The first kappa shape index (κ1) is 14.8. The van der Waals surface area contributed by atoms with Gasteiger partial charge < -0.3 is 5.32 Å².